The van der Waals surface area contributed by atoms with E-state index in [0.717, 1.165) is 29.1 Å². The highest BCUT2D eigenvalue weighted by Gasteiger charge is 2.42. The van der Waals surface area contributed by atoms with Crippen molar-refractivity contribution in [1.29, 1.82) is 5.41 Å². The average Bonchev–Trinajstić information content (AvgIpc) is 2.80. The molecule has 0 spiro atoms. The molecule has 1 aliphatic rings. The van der Waals surface area contributed by atoms with Crippen molar-refractivity contribution in [2.75, 3.05) is 4.90 Å². The smallest absolute Gasteiger partial charge is 0.142 e. The summed E-state index contributed by atoms with van der Waals surface area (Å²) in [6.45, 7) is 22.0. The first kappa shape index (κ1) is 26.9. The predicted molar refractivity (Wildman–Crippen MR) is 154 cm³/mol. The third kappa shape index (κ3) is 5.01. The first-order chi connectivity index (χ1) is 16.6. The second-order valence-electron chi connectivity index (χ2n) is 10.6. The van der Waals surface area contributed by atoms with E-state index in [9.17, 15) is 0 Å². The predicted octanol–water partition coefficient (Wildman–Crippen LogP) is 9.07. The van der Waals surface area contributed by atoms with Crippen molar-refractivity contribution in [3.63, 3.8) is 0 Å². The van der Waals surface area contributed by atoms with E-state index in [1.54, 1.807) is 0 Å². The van der Waals surface area contributed by atoms with Gasteiger partial charge >= 0.3 is 0 Å². The maximum atomic E-state index is 8.81. The molecule has 0 aliphatic carbocycles. The normalized spacial score (nSPS) is 17.5. The van der Waals surface area contributed by atoms with Gasteiger partial charge in [-0.25, -0.2) is 0 Å². The van der Waals surface area contributed by atoms with Gasteiger partial charge in [-0.1, -0.05) is 77.8 Å². The molecule has 3 nitrogen and oxygen atoms in total. The Balaban J connectivity index is 2.21. The molecule has 0 bridgehead atoms. The Bertz CT molecular complexity index is 1100. The van der Waals surface area contributed by atoms with Gasteiger partial charge in [0.1, 0.15) is 11.7 Å². The molecular weight excluding hydrogens is 426 g/mol. The molecule has 0 fully saturated rings. The molecule has 2 aromatic carbocycles. The SMILES string of the molecule is C=C1c2c(C)cc(C)cc2C(N(C(C)=N)c2ccc(C(CCC)CCC)cc2)=N[C@]1(CC)C(C)C. The van der Waals surface area contributed by atoms with Crippen LogP contribution in [-0.4, -0.2) is 17.2 Å². The Labute approximate surface area is 213 Å². The van der Waals surface area contributed by atoms with Crippen LogP contribution in [0.1, 0.15) is 107 Å². The summed E-state index contributed by atoms with van der Waals surface area (Å²) in [7, 11) is 0. The van der Waals surface area contributed by atoms with Crippen LogP contribution in [0.4, 0.5) is 5.69 Å². The first-order valence-electron chi connectivity index (χ1n) is 13.5. The van der Waals surface area contributed by atoms with Crippen LogP contribution in [-0.2, 0) is 0 Å². The molecular formula is C32H45N3. The molecule has 0 aromatic heterocycles. The van der Waals surface area contributed by atoms with Crippen LogP contribution in [0.2, 0.25) is 0 Å². The monoisotopic (exact) mass is 471 g/mol. The summed E-state index contributed by atoms with van der Waals surface area (Å²) in [4.78, 5) is 7.49. The summed E-state index contributed by atoms with van der Waals surface area (Å²) in [6.07, 6.45) is 5.70. The molecule has 2 aromatic rings. The number of hydrogen-bond donors (Lipinski definition) is 1. The van der Waals surface area contributed by atoms with E-state index < -0.39 is 0 Å². The maximum absolute atomic E-state index is 8.81. The summed E-state index contributed by atoms with van der Waals surface area (Å²) in [5.41, 5.74) is 7.84. The number of rotatable bonds is 8. The van der Waals surface area contributed by atoms with E-state index in [2.05, 4.69) is 91.4 Å². The van der Waals surface area contributed by atoms with E-state index in [4.69, 9.17) is 10.4 Å². The number of anilines is 1. The standard InChI is InChI=1S/C32H45N3/c1-10-13-26(14-11-2)27-15-17-28(18-16-27)35(25(9)33)31-29-20-22(6)19-23(7)30(29)24(8)32(12-3,34-31)21(4)5/h15-21,26,33H,8,10-14H2,1-7,9H3/t32-/m1/s1. The summed E-state index contributed by atoms with van der Waals surface area (Å²) in [6, 6.07) is 13.4. The second kappa shape index (κ2) is 10.9. The van der Waals surface area contributed by atoms with Crippen LogP contribution >= 0.6 is 0 Å². The molecule has 0 radical (unpaired) electrons. The molecule has 1 heterocycles. The van der Waals surface area contributed by atoms with Crippen LogP contribution in [0.5, 0.6) is 0 Å². The van der Waals surface area contributed by atoms with Crippen molar-refractivity contribution in [3.8, 4) is 0 Å². The van der Waals surface area contributed by atoms with Crippen molar-refractivity contribution in [3.05, 3.63) is 70.8 Å². The quantitative estimate of drug-likeness (QED) is 0.303. The number of nitrogens with one attached hydrogen (secondary N) is 1. The summed E-state index contributed by atoms with van der Waals surface area (Å²) < 4.78 is 0. The molecule has 3 heteroatoms. The van der Waals surface area contributed by atoms with E-state index in [0.29, 0.717) is 17.7 Å². The Morgan fingerprint density at radius 1 is 1.03 bits per heavy atom. The lowest BCUT2D eigenvalue weighted by molar-refractivity contribution is 0.388. The third-order valence-corrected chi connectivity index (χ3v) is 7.79. The van der Waals surface area contributed by atoms with Crippen LogP contribution in [0, 0.1) is 25.2 Å². The molecule has 1 N–H and O–H groups in total. The molecule has 0 saturated carbocycles. The molecule has 1 atom stereocenters. The van der Waals surface area contributed by atoms with Gasteiger partial charge in [0.2, 0.25) is 0 Å². The minimum absolute atomic E-state index is 0.294. The number of fused-ring (bicyclic) bond motifs is 1. The van der Waals surface area contributed by atoms with E-state index in [1.165, 1.54) is 47.9 Å². The van der Waals surface area contributed by atoms with Crippen LogP contribution in [0.15, 0.2) is 48.0 Å². The summed E-state index contributed by atoms with van der Waals surface area (Å²) in [5.74, 6) is 2.24. The van der Waals surface area contributed by atoms with Crippen molar-refractivity contribution in [1.82, 2.24) is 0 Å². The highest BCUT2D eigenvalue weighted by atomic mass is 15.2. The number of aryl methyl sites for hydroxylation is 2. The Hall–Kier alpha value is -2.68. The summed E-state index contributed by atoms with van der Waals surface area (Å²) >= 11 is 0. The van der Waals surface area contributed by atoms with Crippen LogP contribution in [0.25, 0.3) is 5.57 Å². The minimum atomic E-state index is -0.386. The maximum Gasteiger partial charge on any atom is 0.142 e. The number of amidine groups is 2. The van der Waals surface area contributed by atoms with Crippen molar-refractivity contribution >= 4 is 22.9 Å². The number of benzene rings is 2. The highest BCUT2D eigenvalue weighted by molar-refractivity contribution is 6.26. The fraction of sp³-hybridized carbons (Fsp3) is 0.500. The van der Waals surface area contributed by atoms with Gasteiger partial charge in [-0.15, -0.1) is 0 Å². The topological polar surface area (TPSA) is 39.5 Å². The zero-order valence-electron chi connectivity index (χ0n) is 23.3. The second-order valence-corrected chi connectivity index (χ2v) is 10.6. The van der Waals surface area contributed by atoms with Crippen molar-refractivity contribution < 1.29 is 0 Å². The van der Waals surface area contributed by atoms with Gasteiger partial charge in [0.05, 0.1) is 5.54 Å². The molecule has 0 amide bonds. The van der Waals surface area contributed by atoms with Crippen LogP contribution in [0.3, 0.4) is 0 Å². The lowest BCUT2D eigenvalue weighted by Crippen LogP contribution is -2.45. The van der Waals surface area contributed by atoms with Gasteiger partial charge in [0.25, 0.3) is 0 Å². The van der Waals surface area contributed by atoms with E-state index in [1.807, 2.05) is 11.8 Å². The van der Waals surface area contributed by atoms with Crippen LogP contribution < -0.4 is 4.90 Å². The molecule has 188 valence electrons. The van der Waals surface area contributed by atoms with E-state index >= 15 is 0 Å². The zero-order valence-corrected chi connectivity index (χ0v) is 23.3. The number of aliphatic imine (C=N–C) groups is 1. The molecule has 0 unspecified atom stereocenters. The Morgan fingerprint density at radius 3 is 2.11 bits per heavy atom. The molecule has 35 heavy (non-hydrogen) atoms. The van der Waals surface area contributed by atoms with Gasteiger partial charge in [0, 0.05) is 11.3 Å². The third-order valence-electron chi connectivity index (χ3n) is 7.79. The van der Waals surface area contributed by atoms with Gasteiger partial charge in [-0.05, 0) is 92.3 Å². The van der Waals surface area contributed by atoms with E-state index in [-0.39, 0.29) is 5.54 Å². The number of nitrogens with zero attached hydrogens (tertiary/aromatic N) is 2. The first-order valence-corrected chi connectivity index (χ1v) is 13.5. The summed E-state index contributed by atoms with van der Waals surface area (Å²) in [5, 5.41) is 8.81. The van der Waals surface area contributed by atoms with Gasteiger partial charge < -0.3 is 0 Å². The Kier molecular flexibility index (Phi) is 8.41. The lowest BCUT2D eigenvalue weighted by atomic mass is 9.71. The molecule has 1 aliphatic heterocycles. The minimum Gasteiger partial charge on any atom is -0.288 e. The van der Waals surface area contributed by atoms with Crippen molar-refractivity contribution in [2.45, 2.75) is 99.0 Å². The molecule has 0 saturated heterocycles. The molecule has 3 rings (SSSR count). The Morgan fingerprint density at radius 2 is 1.63 bits per heavy atom. The average molecular weight is 472 g/mol. The number of hydrogen-bond acceptors (Lipinski definition) is 2. The van der Waals surface area contributed by atoms with Crippen molar-refractivity contribution in [2.24, 2.45) is 10.9 Å². The highest BCUT2D eigenvalue weighted by Crippen LogP contribution is 2.46. The fourth-order valence-electron chi connectivity index (χ4n) is 5.97. The zero-order chi connectivity index (χ0) is 25.9. The van der Waals surface area contributed by atoms with Gasteiger partial charge in [-0.3, -0.25) is 15.3 Å². The van der Waals surface area contributed by atoms with Gasteiger partial charge in [-0.2, -0.15) is 0 Å². The largest absolute Gasteiger partial charge is 0.288 e. The lowest BCUT2D eigenvalue weighted by Gasteiger charge is -2.43. The fourth-order valence-corrected chi connectivity index (χ4v) is 5.97. The van der Waals surface area contributed by atoms with Gasteiger partial charge in [0.15, 0.2) is 0 Å².